The smallest absolute Gasteiger partial charge is 0.351 e. The topological polar surface area (TPSA) is 94.0 Å². The minimum atomic E-state index is -1.90. The van der Waals surface area contributed by atoms with Crippen LogP contribution in [0.25, 0.3) is 16.9 Å². The second-order valence-corrected chi connectivity index (χ2v) is 7.20. The van der Waals surface area contributed by atoms with Crippen molar-refractivity contribution < 1.29 is 8.78 Å². The summed E-state index contributed by atoms with van der Waals surface area (Å²) in [5.41, 5.74) is 7.46. The van der Waals surface area contributed by atoms with Crippen molar-refractivity contribution in [2.75, 3.05) is 37.6 Å². The van der Waals surface area contributed by atoms with Crippen LogP contribution in [0.1, 0.15) is 0 Å². The molecule has 1 aliphatic rings. The van der Waals surface area contributed by atoms with Crippen molar-refractivity contribution >= 4 is 5.69 Å². The van der Waals surface area contributed by atoms with E-state index in [9.17, 15) is 13.6 Å². The van der Waals surface area contributed by atoms with Crippen LogP contribution in [0.4, 0.5) is 14.5 Å². The molecule has 0 aliphatic carbocycles. The van der Waals surface area contributed by atoms with E-state index < -0.39 is 11.8 Å². The number of nitrogens with two attached hydrogens (primary N) is 1. The normalized spacial score (nSPS) is 14.0. The van der Waals surface area contributed by atoms with Crippen molar-refractivity contribution in [2.24, 2.45) is 5.73 Å². The van der Waals surface area contributed by atoms with Crippen LogP contribution in [-0.2, 0) is 6.54 Å². The van der Waals surface area contributed by atoms with Gasteiger partial charge >= 0.3 is 5.69 Å². The van der Waals surface area contributed by atoms with Gasteiger partial charge in [0.1, 0.15) is 12.1 Å². The molecule has 1 aromatic carbocycles. The molecule has 0 atom stereocenters. The molecule has 0 spiro atoms. The summed E-state index contributed by atoms with van der Waals surface area (Å²) in [7, 11) is 0. The lowest BCUT2D eigenvalue weighted by Crippen LogP contribution is -2.43. The van der Waals surface area contributed by atoms with Crippen molar-refractivity contribution in [3.63, 3.8) is 0 Å². The third kappa shape index (κ3) is 4.54. The Morgan fingerprint density at radius 2 is 1.84 bits per heavy atom. The van der Waals surface area contributed by atoms with Gasteiger partial charge in [-0.05, 0) is 35.4 Å². The van der Waals surface area contributed by atoms with Crippen LogP contribution in [0.15, 0.2) is 65.4 Å². The number of pyridine rings is 1. The molecule has 1 aliphatic heterocycles. The number of rotatable bonds is 6. The van der Waals surface area contributed by atoms with E-state index in [1.54, 1.807) is 12.3 Å². The zero-order valence-electron chi connectivity index (χ0n) is 16.8. The number of aromatic nitrogens is 4. The fourth-order valence-electron chi connectivity index (χ4n) is 3.50. The largest absolute Gasteiger partial charge is 0.369 e. The van der Waals surface area contributed by atoms with Crippen LogP contribution < -0.4 is 21.6 Å². The van der Waals surface area contributed by atoms with Crippen LogP contribution >= 0.6 is 0 Å². The first-order valence-electron chi connectivity index (χ1n) is 9.97. The number of hydrogen-bond acceptors (Lipinski definition) is 6. The standard InChI is InChI=1S/C21H23F2N7O/c22-20(23)17(12-24)13-30-21(31)29(14-27-30)19-11-16(5-6-26-19)15-1-3-18(4-2-15)28-9-7-25-8-10-28/h1-6,11,14,25H,7-10,12-13,24H2. The first kappa shape index (κ1) is 20.9. The molecule has 162 valence electrons. The number of piperazine rings is 1. The molecule has 8 nitrogen and oxygen atoms in total. The van der Waals surface area contributed by atoms with Crippen molar-refractivity contribution in [1.29, 1.82) is 0 Å². The molecule has 0 radical (unpaired) electrons. The van der Waals surface area contributed by atoms with E-state index in [2.05, 4.69) is 32.4 Å². The number of nitrogens with one attached hydrogen (secondary N) is 1. The summed E-state index contributed by atoms with van der Waals surface area (Å²) in [6.45, 7) is 3.17. The Hall–Kier alpha value is -3.37. The van der Waals surface area contributed by atoms with Crippen molar-refractivity contribution in [3.05, 3.63) is 71.1 Å². The summed E-state index contributed by atoms with van der Waals surface area (Å²) in [5.74, 6) is 0.360. The van der Waals surface area contributed by atoms with Crippen molar-refractivity contribution in [2.45, 2.75) is 6.54 Å². The molecule has 2 aromatic heterocycles. The van der Waals surface area contributed by atoms with Crippen molar-refractivity contribution in [1.82, 2.24) is 24.6 Å². The summed E-state index contributed by atoms with van der Waals surface area (Å²) in [4.78, 5) is 19.2. The Labute approximate surface area is 177 Å². The summed E-state index contributed by atoms with van der Waals surface area (Å²) < 4.78 is 27.9. The Bertz CT molecular complexity index is 1130. The van der Waals surface area contributed by atoms with E-state index in [0.717, 1.165) is 42.0 Å². The van der Waals surface area contributed by atoms with Crippen LogP contribution in [0.2, 0.25) is 0 Å². The van der Waals surface area contributed by atoms with Gasteiger partial charge in [0.15, 0.2) is 0 Å². The van der Waals surface area contributed by atoms with E-state index in [4.69, 9.17) is 5.73 Å². The first-order chi connectivity index (χ1) is 15.1. The predicted molar refractivity (Wildman–Crippen MR) is 114 cm³/mol. The zero-order valence-corrected chi connectivity index (χ0v) is 16.8. The molecule has 0 bridgehead atoms. The molecule has 4 rings (SSSR count). The lowest BCUT2D eigenvalue weighted by Gasteiger charge is -2.29. The van der Waals surface area contributed by atoms with Gasteiger partial charge in [-0.15, -0.1) is 0 Å². The minimum Gasteiger partial charge on any atom is -0.369 e. The van der Waals surface area contributed by atoms with Gasteiger partial charge in [-0.3, -0.25) is 0 Å². The average Bonchev–Trinajstić information content (AvgIpc) is 3.18. The second-order valence-electron chi connectivity index (χ2n) is 7.20. The highest BCUT2D eigenvalue weighted by Gasteiger charge is 2.14. The van der Waals surface area contributed by atoms with E-state index >= 15 is 0 Å². The van der Waals surface area contributed by atoms with Gasteiger partial charge in [-0.1, -0.05) is 12.1 Å². The fourth-order valence-corrected chi connectivity index (χ4v) is 3.50. The van der Waals surface area contributed by atoms with E-state index in [1.165, 1.54) is 16.6 Å². The molecule has 0 unspecified atom stereocenters. The third-order valence-corrected chi connectivity index (χ3v) is 5.26. The maximum atomic E-state index is 12.9. The number of nitrogens with zero attached hydrogens (tertiary/aromatic N) is 5. The van der Waals surface area contributed by atoms with E-state index in [0.29, 0.717) is 5.82 Å². The number of anilines is 1. The van der Waals surface area contributed by atoms with Crippen LogP contribution in [-0.4, -0.2) is 52.1 Å². The van der Waals surface area contributed by atoms with Crippen molar-refractivity contribution in [3.8, 4) is 16.9 Å². The minimum absolute atomic E-state index is 0.335. The molecule has 1 saturated heterocycles. The summed E-state index contributed by atoms with van der Waals surface area (Å²) >= 11 is 0. The van der Waals surface area contributed by atoms with Gasteiger partial charge in [-0.2, -0.15) is 13.9 Å². The average molecular weight is 427 g/mol. The van der Waals surface area contributed by atoms with E-state index in [-0.39, 0.29) is 18.7 Å². The molecular weight excluding hydrogens is 404 g/mol. The van der Waals surface area contributed by atoms with Gasteiger partial charge in [0.2, 0.25) is 0 Å². The van der Waals surface area contributed by atoms with Gasteiger partial charge < -0.3 is 16.0 Å². The maximum Gasteiger partial charge on any atom is 0.351 e. The maximum absolute atomic E-state index is 12.9. The van der Waals surface area contributed by atoms with Gasteiger partial charge in [0.05, 0.1) is 6.54 Å². The number of hydrogen-bond donors (Lipinski definition) is 2. The second kappa shape index (κ2) is 9.19. The molecule has 1 fully saturated rings. The van der Waals surface area contributed by atoms with Crippen LogP contribution in [0.5, 0.6) is 0 Å². The predicted octanol–water partition coefficient (Wildman–Crippen LogP) is 1.61. The highest BCUT2D eigenvalue weighted by molar-refractivity contribution is 5.67. The highest BCUT2D eigenvalue weighted by Crippen LogP contribution is 2.24. The van der Waals surface area contributed by atoms with Gasteiger partial charge in [0.25, 0.3) is 6.08 Å². The lowest BCUT2D eigenvalue weighted by molar-refractivity contribution is 0.400. The molecular formula is C21H23F2N7O. The lowest BCUT2D eigenvalue weighted by atomic mass is 10.1. The molecule has 0 amide bonds. The Morgan fingerprint density at radius 1 is 1.10 bits per heavy atom. The zero-order chi connectivity index (χ0) is 21.8. The summed E-state index contributed by atoms with van der Waals surface area (Å²) in [6.07, 6.45) is 0.977. The number of halogens is 2. The van der Waals surface area contributed by atoms with Crippen LogP contribution in [0.3, 0.4) is 0 Å². The SMILES string of the molecule is NCC(Cn1ncn(-c2cc(-c3ccc(N4CCNCC4)cc3)ccn2)c1=O)=C(F)F. The Kier molecular flexibility index (Phi) is 6.19. The molecule has 3 aromatic rings. The quantitative estimate of drug-likeness (QED) is 0.621. The van der Waals surface area contributed by atoms with Gasteiger partial charge in [0, 0.05) is 50.2 Å². The summed E-state index contributed by atoms with van der Waals surface area (Å²) in [5, 5.41) is 7.26. The number of benzene rings is 1. The van der Waals surface area contributed by atoms with Gasteiger partial charge in [-0.25, -0.2) is 19.0 Å². The van der Waals surface area contributed by atoms with Crippen LogP contribution in [0, 0.1) is 0 Å². The molecule has 3 N–H and O–H groups in total. The molecule has 3 heterocycles. The highest BCUT2D eigenvalue weighted by atomic mass is 19.3. The molecule has 10 heteroatoms. The first-order valence-corrected chi connectivity index (χ1v) is 9.97. The fraction of sp³-hybridized carbons (Fsp3) is 0.286. The summed E-state index contributed by atoms with van der Waals surface area (Å²) in [6, 6.07) is 11.8. The molecule has 31 heavy (non-hydrogen) atoms. The monoisotopic (exact) mass is 427 g/mol. The third-order valence-electron chi connectivity index (χ3n) is 5.26. The Morgan fingerprint density at radius 3 is 2.52 bits per heavy atom. The Balaban J connectivity index is 1.58. The molecule has 0 saturated carbocycles. The van der Waals surface area contributed by atoms with E-state index in [1.807, 2.05) is 18.2 Å².